The predicted molar refractivity (Wildman–Crippen MR) is 71.2 cm³/mol. The third-order valence-electron chi connectivity index (χ3n) is 2.83. The van der Waals surface area contributed by atoms with E-state index in [0.29, 0.717) is 17.0 Å². The van der Waals surface area contributed by atoms with E-state index in [1.807, 2.05) is 25.2 Å². The highest BCUT2D eigenvalue weighted by Gasteiger charge is 2.15. The standard InChI is InChI=1S/C14H14ClFN2/c1-17-14(9-11-4-2-3-7-18-11)12-6-5-10(15)8-13(12)16/h2-8,14,17H,9H2,1H3. The molecule has 2 rings (SSSR count). The van der Waals surface area contributed by atoms with E-state index in [9.17, 15) is 4.39 Å². The van der Waals surface area contributed by atoms with Crippen molar-refractivity contribution in [3.63, 3.8) is 0 Å². The van der Waals surface area contributed by atoms with E-state index in [2.05, 4.69) is 10.3 Å². The van der Waals surface area contributed by atoms with Gasteiger partial charge in [-0.15, -0.1) is 0 Å². The maximum absolute atomic E-state index is 13.8. The van der Waals surface area contributed by atoms with E-state index >= 15 is 0 Å². The Hall–Kier alpha value is -1.45. The van der Waals surface area contributed by atoms with E-state index in [-0.39, 0.29) is 11.9 Å². The molecule has 1 aromatic carbocycles. The van der Waals surface area contributed by atoms with Gasteiger partial charge in [-0.05, 0) is 31.3 Å². The van der Waals surface area contributed by atoms with Crippen LogP contribution >= 0.6 is 11.6 Å². The van der Waals surface area contributed by atoms with Crippen molar-refractivity contribution < 1.29 is 4.39 Å². The highest BCUT2D eigenvalue weighted by Crippen LogP contribution is 2.23. The molecule has 18 heavy (non-hydrogen) atoms. The first-order valence-electron chi connectivity index (χ1n) is 5.73. The molecule has 0 aliphatic heterocycles. The summed E-state index contributed by atoms with van der Waals surface area (Å²) in [5, 5.41) is 3.51. The van der Waals surface area contributed by atoms with Crippen molar-refractivity contribution in [3.8, 4) is 0 Å². The van der Waals surface area contributed by atoms with Gasteiger partial charge in [0, 0.05) is 34.9 Å². The second kappa shape index (κ2) is 5.94. The Morgan fingerprint density at radius 2 is 2.17 bits per heavy atom. The molecule has 1 atom stereocenters. The highest BCUT2D eigenvalue weighted by atomic mass is 35.5. The van der Waals surface area contributed by atoms with Gasteiger partial charge in [-0.1, -0.05) is 23.7 Å². The summed E-state index contributed by atoms with van der Waals surface area (Å²) < 4.78 is 13.8. The quantitative estimate of drug-likeness (QED) is 0.916. The zero-order valence-corrected chi connectivity index (χ0v) is 10.8. The van der Waals surface area contributed by atoms with Crippen LogP contribution in [0.1, 0.15) is 17.3 Å². The molecule has 0 amide bonds. The van der Waals surface area contributed by atoms with Crippen LogP contribution in [-0.2, 0) is 6.42 Å². The van der Waals surface area contributed by atoms with Crippen molar-refractivity contribution in [1.29, 1.82) is 0 Å². The monoisotopic (exact) mass is 264 g/mol. The minimum atomic E-state index is -0.294. The Morgan fingerprint density at radius 3 is 2.78 bits per heavy atom. The number of benzene rings is 1. The third-order valence-corrected chi connectivity index (χ3v) is 3.06. The molecule has 0 aliphatic rings. The fourth-order valence-corrected chi connectivity index (χ4v) is 2.04. The lowest BCUT2D eigenvalue weighted by Gasteiger charge is -2.17. The molecule has 1 heterocycles. The molecule has 0 spiro atoms. The minimum Gasteiger partial charge on any atom is -0.313 e. The topological polar surface area (TPSA) is 24.9 Å². The van der Waals surface area contributed by atoms with Crippen LogP contribution in [0, 0.1) is 5.82 Å². The molecule has 0 aliphatic carbocycles. The number of pyridine rings is 1. The van der Waals surface area contributed by atoms with Crippen LogP contribution in [-0.4, -0.2) is 12.0 Å². The molecule has 2 aromatic rings. The maximum atomic E-state index is 13.8. The van der Waals surface area contributed by atoms with E-state index in [1.54, 1.807) is 18.3 Å². The second-order valence-electron chi connectivity index (χ2n) is 4.03. The minimum absolute atomic E-state index is 0.114. The fraction of sp³-hybridized carbons (Fsp3) is 0.214. The first kappa shape index (κ1) is 13.0. The number of rotatable bonds is 4. The molecule has 1 aromatic heterocycles. The summed E-state index contributed by atoms with van der Waals surface area (Å²) in [6, 6.07) is 10.3. The SMILES string of the molecule is CNC(Cc1ccccn1)c1ccc(Cl)cc1F. The zero-order valence-electron chi connectivity index (χ0n) is 10.0. The smallest absolute Gasteiger partial charge is 0.129 e. The van der Waals surface area contributed by atoms with E-state index < -0.39 is 0 Å². The summed E-state index contributed by atoms with van der Waals surface area (Å²) in [6.45, 7) is 0. The summed E-state index contributed by atoms with van der Waals surface area (Å²) in [5.74, 6) is -0.294. The summed E-state index contributed by atoms with van der Waals surface area (Å²) >= 11 is 5.75. The van der Waals surface area contributed by atoms with Crippen LogP contribution in [0.15, 0.2) is 42.6 Å². The van der Waals surface area contributed by atoms with Crippen LogP contribution in [0.5, 0.6) is 0 Å². The van der Waals surface area contributed by atoms with Crippen LogP contribution in [0.25, 0.3) is 0 Å². The Labute approximate surface area is 111 Å². The van der Waals surface area contributed by atoms with Gasteiger partial charge in [-0.3, -0.25) is 4.98 Å². The average Bonchev–Trinajstić information content (AvgIpc) is 2.38. The molecule has 2 nitrogen and oxygen atoms in total. The lowest BCUT2D eigenvalue weighted by Crippen LogP contribution is -2.20. The normalized spacial score (nSPS) is 12.4. The molecule has 1 N–H and O–H groups in total. The molecule has 0 radical (unpaired) electrons. The average molecular weight is 265 g/mol. The van der Waals surface area contributed by atoms with Gasteiger partial charge < -0.3 is 5.32 Å². The predicted octanol–water partition coefficient (Wildman–Crippen LogP) is 3.38. The highest BCUT2D eigenvalue weighted by molar-refractivity contribution is 6.30. The van der Waals surface area contributed by atoms with Crippen molar-refractivity contribution in [2.45, 2.75) is 12.5 Å². The Kier molecular flexibility index (Phi) is 4.28. The molecule has 4 heteroatoms. The summed E-state index contributed by atoms with van der Waals surface area (Å²) in [7, 11) is 1.81. The van der Waals surface area contributed by atoms with Gasteiger partial charge in [0.2, 0.25) is 0 Å². The van der Waals surface area contributed by atoms with Gasteiger partial charge in [0.15, 0.2) is 0 Å². The number of aromatic nitrogens is 1. The van der Waals surface area contributed by atoms with Crippen molar-refractivity contribution in [1.82, 2.24) is 10.3 Å². The Balaban J connectivity index is 2.23. The number of hydrogen-bond acceptors (Lipinski definition) is 2. The number of nitrogens with one attached hydrogen (secondary N) is 1. The van der Waals surface area contributed by atoms with Gasteiger partial charge in [-0.2, -0.15) is 0 Å². The van der Waals surface area contributed by atoms with Gasteiger partial charge in [0.05, 0.1) is 0 Å². The van der Waals surface area contributed by atoms with Crippen molar-refractivity contribution in [2.75, 3.05) is 7.05 Å². The summed E-state index contributed by atoms with van der Waals surface area (Å²) in [6.07, 6.45) is 2.37. The molecule has 0 saturated heterocycles. The van der Waals surface area contributed by atoms with Crippen LogP contribution in [0.4, 0.5) is 4.39 Å². The van der Waals surface area contributed by atoms with Crippen molar-refractivity contribution in [3.05, 3.63) is 64.7 Å². The Bertz CT molecular complexity index is 516. The van der Waals surface area contributed by atoms with Crippen LogP contribution < -0.4 is 5.32 Å². The number of nitrogens with zero attached hydrogens (tertiary/aromatic N) is 1. The molecule has 0 saturated carbocycles. The summed E-state index contributed by atoms with van der Waals surface area (Å²) in [5.41, 5.74) is 1.53. The van der Waals surface area contributed by atoms with E-state index in [1.165, 1.54) is 6.07 Å². The number of hydrogen-bond donors (Lipinski definition) is 1. The van der Waals surface area contributed by atoms with Gasteiger partial charge in [0.1, 0.15) is 5.82 Å². The molecular weight excluding hydrogens is 251 g/mol. The summed E-state index contributed by atoms with van der Waals surface area (Å²) in [4.78, 5) is 4.25. The molecular formula is C14H14ClFN2. The first-order valence-corrected chi connectivity index (χ1v) is 6.10. The number of halogens is 2. The molecule has 0 fully saturated rings. The van der Waals surface area contributed by atoms with Gasteiger partial charge in [0.25, 0.3) is 0 Å². The second-order valence-corrected chi connectivity index (χ2v) is 4.47. The van der Waals surface area contributed by atoms with Crippen LogP contribution in [0.3, 0.4) is 0 Å². The molecule has 0 bridgehead atoms. The fourth-order valence-electron chi connectivity index (χ4n) is 1.88. The van der Waals surface area contributed by atoms with Crippen molar-refractivity contribution >= 4 is 11.6 Å². The zero-order chi connectivity index (χ0) is 13.0. The largest absolute Gasteiger partial charge is 0.313 e. The number of likely N-dealkylation sites (N-methyl/N-ethyl adjacent to an activating group) is 1. The molecule has 1 unspecified atom stereocenters. The van der Waals surface area contributed by atoms with E-state index in [4.69, 9.17) is 11.6 Å². The maximum Gasteiger partial charge on any atom is 0.129 e. The van der Waals surface area contributed by atoms with Gasteiger partial charge >= 0.3 is 0 Å². The first-order chi connectivity index (χ1) is 8.70. The lowest BCUT2D eigenvalue weighted by molar-refractivity contribution is 0.530. The molecule has 94 valence electrons. The third kappa shape index (κ3) is 3.06. The Morgan fingerprint density at radius 1 is 1.33 bits per heavy atom. The van der Waals surface area contributed by atoms with Gasteiger partial charge in [-0.25, -0.2) is 4.39 Å². The van der Waals surface area contributed by atoms with Crippen LogP contribution in [0.2, 0.25) is 5.02 Å². The van der Waals surface area contributed by atoms with Crippen molar-refractivity contribution in [2.24, 2.45) is 0 Å². The lowest BCUT2D eigenvalue weighted by atomic mass is 10.0. The van der Waals surface area contributed by atoms with E-state index in [0.717, 1.165) is 5.69 Å².